The molecule has 0 bridgehead atoms. The summed E-state index contributed by atoms with van der Waals surface area (Å²) in [5, 5.41) is 20.4. The highest BCUT2D eigenvalue weighted by Crippen LogP contribution is 2.31. The van der Waals surface area contributed by atoms with Gasteiger partial charge in [-0.2, -0.15) is 11.8 Å². The number of thiophene rings is 1. The van der Waals surface area contributed by atoms with E-state index in [1.54, 1.807) is 11.3 Å². The average molecular weight is 335 g/mol. The van der Waals surface area contributed by atoms with E-state index in [9.17, 15) is 5.11 Å². The van der Waals surface area contributed by atoms with Gasteiger partial charge < -0.3 is 15.7 Å². The van der Waals surface area contributed by atoms with Gasteiger partial charge in [-0.15, -0.1) is 11.3 Å². The number of benzene rings is 1. The van der Waals surface area contributed by atoms with Crippen LogP contribution in [0.5, 0.6) is 0 Å². The van der Waals surface area contributed by atoms with Crippen molar-refractivity contribution in [3.05, 3.63) is 52.9 Å². The zero-order valence-corrected chi connectivity index (χ0v) is 14.3. The summed E-state index contributed by atoms with van der Waals surface area (Å²) in [4.78, 5) is 0. The van der Waals surface area contributed by atoms with E-state index in [-0.39, 0.29) is 6.04 Å². The Hall–Kier alpha value is -1.01. The van der Waals surface area contributed by atoms with Crippen LogP contribution in [0.3, 0.4) is 0 Å². The lowest BCUT2D eigenvalue weighted by Crippen LogP contribution is -2.41. The first-order chi connectivity index (χ1) is 10.7. The number of hydrogen-bond acceptors (Lipinski definition) is 5. The van der Waals surface area contributed by atoms with E-state index < -0.39 is 6.10 Å². The third kappa shape index (κ3) is 3.84. The van der Waals surface area contributed by atoms with Crippen LogP contribution in [0.4, 0.5) is 5.00 Å². The first-order valence-corrected chi connectivity index (χ1v) is 9.64. The van der Waals surface area contributed by atoms with Gasteiger partial charge in [-0.05, 0) is 35.6 Å². The molecule has 3 atom stereocenters. The second kappa shape index (κ2) is 7.51. The molecule has 3 N–H and O–H groups in total. The van der Waals surface area contributed by atoms with Gasteiger partial charge >= 0.3 is 0 Å². The molecule has 0 fully saturated rings. The van der Waals surface area contributed by atoms with E-state index in [1.807, 2.05) is 36.2 Å². The molecular formula is C17H22N2OS2. The summed E-state index contributed by atoms with van der Waals surface area (Å²) in [5.74, 6) is 2.16. The summed E-state index contributed by atoms with van der Waals surface area (Å²) in [5.41, 5.74) is 2.79. The third-order valence-electron chi connectivity index (χ3n) is 4.01. The molecule has 2 aromatic rings. The average Bonchev–Trinajstić information content (AvgIpc) is 3.05. The van der Waals surface area contributed by atoms with Crippen LogP contribution in [0, 0.1) is 0 Å². The van der Waals surface area contributed by atoms with Crippen LogP contribution in [0.25, 0.3) is 0 Å². The molecular weight excluding hydrogens is 312 g/mol. The van der Waals surface area contributed by atoms with Gasteiger partial charge in [0, 0.05) is 24.1 Å². The van der Waals surface area contributed by atoms with Crippen LogP contribution in [0.15, 0.2) is 41.8 Å². The minimum absolute atomic E-state index is 0.0256. The standard InChI is InChI=1S/C17H22N2OS2/c1-12(19-17-7-4-8-22-17)16(20)9-18-15-11-21-10-13-5-2-3-6-14(13)15/h2-8,12,15-16,18-20H,9-11H2,1H3. The Morgan fingerprint density at radius 2 is 2.14 bits per heavy atom. The first-order valence-electron chi connectivity index (χ1n) is 7.61. The topological polar surface area (TPSA) is 44.3 Å². The molecule has 3 unspecified atom stereocenters. The molecule has 1 aliphatic heterocycles. The van der Waals surface area contributed by atoms with Gasteiger partial charge in [0.2, 0.25) is 0 Å². The summed E-state index contributed by atoms with van der Waals surface area (Å²) in [6.07, 6.45) is -0.416. The predicted octanol–water partition coefficient (Wildman–Crippen LogP) is 3.49. The Morgan fingerprint density at radius 1 is 1.27 bits per heavy atom. The Morgan fingerprint density at radius 3 is 2.95 bits per heavy atom. The number of hydrogen-bond donors (Lipinski definition) is 3. The van der Waals surface area contributed by atoms with E-state index in [4.69, 9.17) is 0 Å². The zero-order valence-electron chi connectivity index (χ0n) is 12.7. The predicted molar refractivity (Wildman–Crippen MR) is 96.8 cm³/mol. The van der Waals surface area contributed by atoms with Crippen LogP contribution < -0.4 is 10.6 Å². The molecule has 0 spiro atoms. The molecule has 1 aliphatic rings. The molecule has 3 rings (SSSR count). The van der Waals surface area contributed by atoms with Crippen LogP contribution in [-0.4, -0.2) is 29.5 Å². The second-order valence-electron chi connectivity index (χ2n) is 5.65. The van der Waals surface area contributed by atoms with Crippen molar-refractivity contribution in [3.8, 4) is 0 Å². The quantitative estimate of drug-likeness (QED) is 0.757. The molecule has 3 nitrogen and oxygen atoms in total. The van der Waals surface area contributed by atoms with Gasteiger partial charge in [0.15, 0.2) is 0 Å². The fourth-order valence-corrected chi connectivity index (χ4v) is 4.52. The molecule has 22 heavy (non-hydrogen) atoms. The highest BCUT2D eigenvalue weighted by molar-refractivity contribution is 7.98. The highest BCUT2D eigenvalue weighted by atomic mass is 32.2. The molecule has 0 aliphatic carbocycles. The number of aliphatic hydroxyl groups excluding tert-OH is 1. The molecule has 5 heteroatoms. The van der Waals surface area contributed by atoms with Gasteiger partial charge in [-0.25, -0.2) is 0 Å². The minimum atomic E-state index is -0.416. The molecule has 0 saturated carbocycles. The zero-order chi connectivity index (χ0) is 15.4. The van der Waals surface area contributed by atoms with Crippen molar-refractivity contribution in [2.75, 3.05) is 17.6 Å². The molecule has 0 saturated heterocycles. The van der Waals surface area contributed by atoms with E-state index >= 15 is 0 Å². The maximum Gasteiger partial charge on any atom is 0.0885 e. The highest BCUT2D eigenvalue weighted by Gasteiger charge is 2.22. The van der Waals surface area contributed by atoms with E-state index in [1.165, 1.54) is 11.1 Å². The van der Waals surface area contributed by atoms with Crippen molar-refractivity contribution in [1.29, 1.82) is 0 Å². The van der Waals surface area contributed by atoms with Crippen molar-refractivity contribution in [2.45, 2.75) is 30.9 Å². The molecule has 0 amide bonds. The van der Waals surface area contributed by atoms with E-state index in [2.05, 4.69) is 34.9 Å². The number of anilines is 1. The minimum Gasteiger partial charge on any atom is -0.390 e. The molecule has 1 aromatic carbocycles. The monoisotopic (exact) mass is 334 g/mol. The van der Waals surface area contributed by atoms with Crippen LogP contribution in [0.1, 0.15) is 24.1 Å². The Bertz CT molecular complexity index is 588. The van der Waals surface area contributed by atoms with Gasteiger partial charge in [0.05, 0.1) is 17.1 Å². The molecule has 0 radical (unpaired) electrons. The number of rotatable bonds is 6. The van der Waals surface area contributed by atoms with Gasteiger partial charge in [0.25, 0.3) is 0 Å². The van der Waals surface area contributed by atoms with E-state index in [0.717, 1.165) is 16.5 Å². The first kappa shape index (κ1) is 15.9. The fraction of sp³-hybridized carbons (Fsp3) is 0.412. The van der Waals surface area contributed by atoms with Gasteiger partial charge in [0.1, 0.15) is 0 Å². The number of aliphatic hydroxyl groups is 1. The molecule has 1 aromatic heterocycles. The van der Waals surface area contributed by atoms with Crippen LogP contribution in [0.2, 0.25) is 0 Å². The Labute approximate surface area is 140 Å². The second-order valence-corrected chi connectivity index (χ2v) is 7.63. The van der Waals surface area contributed by atoms with Gasteiger partial charge in [-0.1, -0.05) is 24.3 Å². The maximum absolute atomic E-state index is 10.4. The van der Waals surface area contributed by atoms with Crippen molar-refractivity contribution >= 4 is 28.1 Å². The summed E-state index contributed by atoms with van der Waals surface area (Å²) < 4.78 is 0. The Kier molecular flexibility index (Phi) is 5.41. The normalized spacial score (nSPS) is 20.2. The van der Waals surface area contributed by atoms with E-state index in [0.29, 0.717) is 12.6 Å². The number of thioether (sulfide) groups is 1. The number of nitrogens with one attached hydrogen (secondary N) is 2. The van der Waals surface area contributed by atoms with Crippen molar-refractivity contribution < 1.29 is 5.11 Å². The fourth-order valence-electron chi connectivity index (χ4n) is 2.67. The summed E-state index contributed by atoms with van der Waals surface area (Å²) in [6.45, 7) is 2.62. The maximum atomic E-state index is 10.4. The largest absolute Gasteiger partial charge is 0.390 e. The lowest BCUT2D eigenvalue weighted by molar-refractivity contribution is 0.152. The molecule has 2 heterocycles. The Balaban J connectivity index is 1.54. The summed E-state index contributed by atoms with van der Waals surface area (Å²) >= 11 is 3.61. The van der Waals surface area contributed by atoms with Gasteiger partial charge in [-0.3, -0.25) is 0 Å². The van der Waals surface area contributed by atoms with Crippen molar-refractivity contribution in [1.82, 2.24) is 5.32 Å². The third-order valence-corrected chi connectivity index (χ3v) is 5.90. The SMILES string of the molecule is CC(Nc1cccs1)C(O)CNC1CSCc2ccccc21. The summed E-state index contributed by atoms with van der Waals surface area (Å²) in [7, 11) is 0. The lowest BCUT2D eigenvalue weighted by atomic mass is 10.0. The number of fused-ring (bicyclic) bond motifs is 1. The van der Waals surface area contributed by atoms with Crippen molar-refractivity contribution in [2.24, 2.45) is 0 Å². The van der Waals surface area contributed by atoms with Crippen LogP contribution in [-0.2, 0) is 5.75 Å². The lowest BCUT2D eigenvalue weighted by Gasteiger charge is -2.28. The van der Waals surface area contributed by atoms with Crippen molar-refractivity contribution in [3.63, 3.8) is 0 Å². The molecule has 118 valence electrons. The smallest absolute Gasteiger partial charge is 0.0885 e. The summed E-state index contributed by atoms with van der Waals surface area (Å²) in [6, 6.07) is 13.0. The van der Waals surface area contributed by atoms with Crippen LogP contribution >= 0.6 is 23.1 Å².